The number of amides is 1. The molecule has 0 aliphatic carbocycles. The van der Waals surface area contributed by atoms with E-state index in [-0.39, 0.29) is 5.56 Å². The van der Waals surface area contributed by atoms with Gasteiger partial charge in [-0.1, -0.05) is 0 Å². The summed E-state index contributed by atoms with van der Waals surface area (Å²) in [5.41, 5.74) is 6.07. The number of nitrogens with two attached hydrogens (primary N) is 1. The Morgan fingerprint density at radius 2 is 2.00 bits per heavy atom. The van der Waals surface area contributed by atoms with Crippen molar-refractivity contribution >= 4 is 27.5 Å². The Kier molecular flexibility index (Phi) is 4.84. The Labute approximate surface area is 117 Å². The normalized spacial score (nSPS) is 11.7. The third kappa shape index (κ3) is 4.41. The van der Waals surface area contributed by atoms with Crippen LogP contribution >= 0.6 is 15.9 Å². The van der Waals surface area contributed by atoms with E-state index in [1.165, 1.54) is 32.0 Å². The lowest BCUT2D eigenvalue weighted by Crippen LogP contribution is -2.43. The van der Waals surface area contributed by atoms with Gasteiger partial charge in [0.05, 0.1) is 0 Å². The monoisotopic (exact) mass is 338 g/mol. The third-order valence-electron chi connectivity index (χ3n) is 2.48. The number of anilines is 1. The Hall–Kier alpha value is -1.24. The van der Waals surface area contributed by atoms with Crippen molar-refractivity contribution in [3.8, 4) is 0 Å². The number of hydrogen-bond acceptors (Lipinski definition) is 2. The van der Waals surface area contributed by atoms with Crippen LogP contribution in [0.1, 0.15) is 24.2 Å². The smallest absolute Gasteiger partial charge is 0.398 e. The van der Waals surface area contributed by atoms with Crippen molar-refractivity contribution in [2.75, 3.05) is 12.3 Å². The summed E-state index contributed by atoms with van der Waals surface area (Å²) in [6.45, 7) is 1.79. The average Bonchev–Trinajstić information content (AvgIpc) is 2.27. The van der Waals surface area contributed by atoms with Crippen molar-refractivity contribution in [3.05, 3.63) is 28.2 Å². The van der Waals surface area contributed by atoms with Crippen molar-refractivity contribution in [2.24, 2.45) is 0 Å². The highest BCUT2D eigenvalue weighted by molar-refractivity contribution is 9.10. The van der Waals surface area contributed by atoms with Crippen molar-refractivity contribution in [1.29, 1.82) is 0 Å². The second-order valence-electron chi connectivity index (χ2n) is 4.38. The van der Waals surface area contributed by atoms with Gasteiger partial charge in [-0.15, -0.1) is 0 Å². The van der Waals surface area contributed by atoms with E-state index in [2.05, 4.69) is 15.9 Å². The van der Waals surface area contributed by atoms with Crippen LogP contribution in [0.15, 0.2) is 22.7 Å². The highest BCUT2D eigenvalue weighted by atomic mass is 79.9. The van der Waals surface area contributed by atoms with Crippen LogP contribution in [0, 0.1) is 0 Å². The molecular formula is C12H14BrF3N2O. The van der Waals surface area contributed by atoms with Crippen LogP contribution in [-0.4, -0.2) is 29.6 Å². The minimum Gasteiger partial charge on any atom is -0.398 e. The molecular weight excluding hydrogens is 325 g/mol. The van der Waals surface area contributed by atoms with Gasteiger partial charge in [-0.3, -0.25) is 4.79 Å². The largest absolute Gasteiger partial charge is 0.406 e. The Bertz CT molecular complexity index is 475. The SMILES string of the molecule is CC(C)N(CC(F)(F)F)C(=O)c1ccc(Br)c(N)c1. The van der Waals surface area contributed by atoms with Gasteiger partial charge in [0.25, 0.3) is 5.91 Å². The maximum absolute atomic E-state index is 12.5. The summed E-state index contributed by atoms with van der Waals surface area (Å²) in [5, 5.41) is 0. The van der Waals surface area contributed by atoms with Crippen LogP contribution in [0.2, 0.25) is 0 Å². The van der Waals surface area contributed by atoms with Gasteiger partial charge in [-0.2, -0.15) is 13.2 Å². The van der Waals surface area contributed by atoms with Gasteiger partial charge < -0.3 is 10.6 Å². The topological polar surface area (TPSA) is 46.3 Å². The molecule has 2 N–H and O–H groups in total. The van der Waals surface area contributed by atoms with Gasteiger partial charge in [-0.05, 0) is 48.0 Å². The number of carbonyl (C=O) groups excluding carboxylic acids is 1. The maximum Gasteiger partial charge on any atom is 0.406 e. The Morgan fingerprint density at radius 3 is 2.42 bits per heavy atom. The van der Waals surface area contributed by atoms with Gasteiger partial charge >= 0.3 is 6.18 Å². The fraction of sp³-hybridized carbons (Fsp3) is 0.417. The molecule has 106 valence electrons. The molecule has 0 saturated carbocycles. The molecule has 0 aliphatic rings. The van der Waals surface area contributed by atoms with E-state index >= 15 is 0 Å². The molecule has 0 unspecified atom stereocenters. The van der Waals surface area contributed by atoms with Crippen molar-refractivity contribution in [2.45, 2.75) is 26.1 Å². The van der Waals surface area contributed by atoms with Crippen molar-refractivity contribution in [3.63, 3.8) is 0 Å². The van der Waals surface area contributed by atoms with E-state index in [1.54, 1.807) is 0 Å². The van der Waals surface area contributed by atoms with Gasteiger partial charge in [-0.25, -0.2) is 0 Å². The maximum atomic E-state index is 12.5. The van der Waals surface area contributed by atoms with E-state index in [1.807, 2.05) is 0 Å². The Morgan fingerprint density at radius 1 is 1.42 bits per heavy atom. The van der Waals surface area contributed by atoms with Crippen LogP contribution < -0.4 is 5.73 Å². The molecule has 0 saturated heterocycles. The van der Waals surface area contributed by atoms with Crippen LogP contribution in [0.3, 0.4) is 0 Å². The molecule has 1 rings (SSSR count). The summed E-state index contributed by atoms with van der Waals surface area (Å²) >= 11 is 3.16. The van der Waals surface area contributed by atoms with E-state index in [9.17, 15) is 18.0 Å². The summed E-state index contributed by atoms with van der Waals surface area (Å²) in [6, 6.07) is 3.78. The third-order valence-corrected chi connectivity index (χ3v) is 3.20. The number of halogens is 4. The van der Waals surface area contributed by atoms with E-state index in [4.69, 9.17) is 5.73 Å². The molecule has 1 amide bonds. The predicted molar refractivity (Wildman–Crippen MR) is 70.8 cm³/mol. The van der Waals surface area contributed by atoms with Crippen LogP contribution in [0.25, 0.3) is 0 Å². The first-order valence-electron chi connectivity index (χ1n) is 5.54. The lowest BCUT2D eigenvalue weighted by atomic mass is 10.1. The zero-order valence-electron chi connectivity index (χ0n) is 10.5. The number of benzene rings is 1. The second kappa shape index (κ2) is 5.81. The minimum atomic E-state index is -4.43. The van der Waals surface area contributed by atoms with Gasteiger partial charge in [0.1, 0.15) is 6.54 Å². The van der Waals surface area contributed by atoms with E-state index in [0.29, 0.717) is 10.2 Å². The lowest BCUT2D eigenvalue weighted by molar-refractivity contribution is -0.143. The second-order valence-corrected chi connectivity index (χ2v) is 5.23. The fourth-order valence-electron chi connectivity index (χ4n) is 1.52. The zero-order valence-corrected chi connectivity index (χ0v) is 12.0. The fourth-order valence-corrected chi connectivity index (χ4v) is 1.77. The summed E-state index contributed by atoms with van der Waals surface area (Å²) in [6.07, 6.45) is -4.43. The molecule has 3 nitrogen and oxygen atoms in total. The first-order chi connectivity index (χ1) is 8.61. The molecule has 0 heterocycles. The number of nitrogens with zero attached hydrogens (tertiary/aromatic N) is 1. The first-order valence-corrected chi connectivity index (χ1v) is 6.34. The van der Waals surface area contributed by atoms with E-state index in [0.717, 1.165) is 4.90 Å². The van der Waals surface area contributed by atoms with Crippen LogP contribution in [0.4, 0.5) is 18.9 Å². The van der Waals surface area contributed by atoms with E-state index < -0.39 is 24.7 Å². The zero-order chi connectivity index (χ0) is 14.8. The molecule has 0 atom stereocenters. The number of alkyl halides is 3. The first kappa shape index (κ1) is 15.8. The van der Waals surface area contributed by atoms with Gasteiger partial charge in [0.2, 0.25) is 0 Å². The molecule has 0 fully saturated rings. The van der Waals surface area contributed by atoms with Gasteiger partial charge in [0, 0.05) is 21.8 Å². The van der Waals surface area contributed by atoms with Crippen LogP contribution in [-0.2, 0) is 0 Å². The molecule has 7 heteroatoms. The molecule has 0 aliphatic heterocycles. The molecule has 0 bridgehead atoms. The average molecular weight is 339 g/mol. The number of carbonyl (C=O) groups is 1. The van der Waals surface area contributed by atoms with Crippen molar-refractivity contribution < 1.29 is 18.0 Å². The summed E-state index contributed by atoms with van der Waals surface area (Å²) < 4.78 is 38.0. The standard InChI is InChI=1S/C12H14BrF3N2O/c1-7(2)18(6-12(14,15)16)11(19)8-3-4-9(13)10(17)5-8/h3-5,7H,6,17H2,1-2H3. The van der Waals surface area contributed by atoms with Gasteiger partial charge in [0.15, 0.2) is 0 Å². The van der Waals surface area contributed by atoms with Crippen molar-refractivity contribution in [1.82, 2.24) is 4.90 Å². The summed E-state index contributed by atoms with van der Waals surface area (Å²) in [5.74, 6) is -0.688. The molecule has 19 heavy (non-hydrogen) atoms. The highest BCUT2D eigenvalue weighted by Gasteiger charge is 2.34. The Balaban J connectivity index is 3.02. The molecule has 0 spiro atoms. The molecule has 1 aromatic carbocycles. The molecule has 0 aromatic heterocycles. The summed E-state index contributed by atoms with van der Waals surface area (Å²) in [4.78, 5) is 12.8. The quantitative estimate of drug-likeness (QED) is 0.858. The highest BCUT2D eigenvalue weighted by Crippen LogP contribution is 2.23. The minimum absolute atomic E-state index is 0.138. The number of nitrogen functional groups attached to an aromatic ring is 1. The predicted octanol–water partition coefficient (Wildman–Crippen LogP) is 3.44. The summed E-state index contributed by atoms with van der Waals surface area (Å²) in [7, 11) is 0. The molecule has 0 radical (unpaired) electrons. The lowest BCUT2D eigenvalue weighted by Gasteiger charge is -2.27. The molecule has 1 aromatic rings. The number of hydrogen-bond donors (Lipinski definition) is 1. The van der Waals surface area contributed by atoms with Crippen LogP contribution in [0.5, 0.6) is 0 Å². The number of rotatable bonds is 3.